The van der Waals surface area contributed by atoms with Gasteiger partial charge >= 0.3 is 0 Å². The summed E-state index contributed by atoms with van der Waals surface area (Å²) in [6.45, 7) is 5.83. The third kappa shape index (κ3) is 5.27. The number of hydrogen-bond acceptors (Lipinski definition) is 3. The quantitative estimate of drug-likeness (QED) is 0.563. The topological polar surface area (TPSA) is 50.4 Å². The van der Waals surface area contributed by atoms with Gasteiger partial charge in [-0.1, -0.05) is 37.3 Å². The van der Waals surface area contributed by atoms with Crippen LogP contribution in [0.2, 0.25) is 0 Å². The van der Waals surface area contributed by atoms with Crippen molar-refractivity contribution in [2.75, 3.05) is 13.6 Å². The van der Waals surface area contributed by atoms with Crippen LogP contribution in [0.3, 0.4) is 0 Å². The maximum atomic E-state index is 5.63. The average Bonchev–Trinajstić information content (AvgIpc) is 2.51. The molecule has 0 radical (unpaired) electrons. The van der Waals surface area contributed by atoms with Crippen molar-refractivity contribution in [3.05, 3.63) is 41.5 Å². The second-order valence-corrected chi connectivity index (χ2v) is 4.81. The highest BCUT2D eigenvalue weighted by molar-refractivity contribution is 5.89. The van der Waals surface area contributed by atoms with Crippen molar-refractivity contribution in [3.63, 3.8) is 0 Å². The van der Waals surface area contributed by atoms with Gasteiger partial charge in [-0.15, -0.1) is 0 Å². The van der Waals surface area contributed by atoms with Crippen molar-refractivity contribution in [3.8, 4) is 0 Å². The van der Waals surface area contributed by atoms with Gasteiger partial charge in [0, 0.05) is 12.3 Å². The summed E-state index contributed by atoms with van der Waals surface area (Å²) in [6, 6.07) is 8.34. The Balaban J connectivity index is 2.82. The SMILES string of the molecule is C/C=C(\N=C(/CC)CCCNC)c1ccc(CN)cc1. The van der Waals surface area contributed by atoms with Crippen LogP contribution in [0.1, 0.15) is 44.2 Å². The van der Waals surface area contributed by atoms with Gasteiger partial charge in [0.15, 0.2) is 0 Å². The standard InChI is InChI=1S/C17H27N3/c1-4-16(7-6-12-19-3)20-17(5-2)15-10-8-14(13-18)9-11-15/h5,8-11,19H,4,6-7,12-13,18H2,1-3H3/b17-5-,20-16+. The second kappa shape index (κ2) is 9.45. The van der Waals surface area contributed by atoms with E-state index in [9.17, 15) is 0 Å². The molecule has 0 atom stereocenters. The van der Waals surface area contributed by atoms with E-state index in [1.807, 2.05) is 14.0 Å². The van der Waals surface area contributed by atoms with E-state index in [1.165, 1.54) is 5.71 Å². The zero-order valence-electron chi connectivity index (χ0n) is 12.9. The predicted octanol–water partition coefficient (Wildman–Crippen LogP) is 3.36. The Morgan fingerprint density at radius 1 is 1.30 bits per heavy atom. The first kappa shape index (κ1) is 16.6. The molecule has 110 valence electrons. The van der Waals surface area contributed by atoms with Crippen molar-refractivity contribution in [1.29, 1.82) is 0 Å². The zero-order valence-corrected chi connectivity index (χ0v) is 12.9. The lowest BCUT2D eigenvalue weighted by Crippen LogP contribution is -2.09. The molecule has 3 heteroatoms. The van der Waals surface area contributed by atoms with E-state index in [2.05, 4.69) is 42.6 Å². The molecule has 0 bridgehead atoms. The van der Waals surface area contributed by atoms with Crippen molar-refractivity contribution in [1.82, 2.24) is 5.32 Å². The summed E-state index contributed by atoms with van der Waals surface area (Å²) in [5.74, 6) is 0. The average molecular weight is 273 g/mol. The molecule has 0 aliphatic rings. The first-order valence-electron chi connectivity index (χ1n) is 7.41. The van der Waals surface area contributed by atoms with Gasteiger partial charge in [-0.25, -0.2) is 0 Å². The van der Waals surface area contributed by atoms with E-state index in [0.29, 0.717) is 6.54 Å². The van der Waals surface area contributed by atoms with E-state index in [-0.39, 0.29) is 0 Å². The Morgan fingerprint density at radius 2 is 2.00 bits per heavy atom. The number of allylic oxidation sites excluding steroid dienone is 1. The molecule has 0 amide bonds. The van der Waals surface area contributed by atoms with Gasteiger partial charge in [-0.2, -0.15) is 0 Å². The molecule has 20 heavy (non-hydrogen) atoms. The molecule has 3 nitrogen and oxygen atoms in total. The van der Waals surface area contributed by atoms with Crippen LogP contribution < -0.4 is 11.1 Å². The molecule has 0 saturated heterocycles. The van der Waals surface area contributed by atoms with Gasteiger partial charge in [0.05, 0.1) is 5.70 Å². The summed E-state index contributed by atoms with van der Waals surface area (Å²) >= 11 is 0. The molecule has 1 rings (SSSR count). The lowest BCUT2D eigenvalue weighted by molar-refractivity contribution is 0.743. The first-order valence-corrected chi connectivity index (χ1v) is 7.41. The number of rotatable bonds is 8. The Morgan fingerprint density at radius 3 is 2.50 bits per heavy atom. The molecule has 1 aromatic rings. The number of benzene rings is 1. The highest BCUT2D eigenvalue weighted by Crippen LogP contribution is 2.18. The fraction of sp³-hybridized carbons (Fsp3) is 0.471. The highest BCUT2D eigenvalue weighted by atomic mass is 14.8. The van der Waals surface area contributed by atoms with E-state index < -0.39 is 0 Å². The fourth-order valence-electron chi connectivity index (χ4n) is 2.06. The minimum atomic E-state index is 0.582. The van der Waals surface area contributed by atoms with Crippen molar-refractivity contribution in [2.45, 2.75) is 39.7 Å². The Hall–Kier alpha value is -1.45. The third-order valence-corrected chi connectivity index (χ3v) is 3.34. The van der Waals surface area contributed by atoms with Crippen LogP contribution in [0, 0.1) is 0 Å². The maximum Gasteiger partial charge on any atom is 0.0658 e. The number of aliphatic imine (C=N–C) groups is 1. The van der Waals surface area contributed by atoms with Crippen molar-refractivity contribution in [2.24, 2.45) is 10.7 Å². The van der Waals surface area contributed by atoms with E-state index >= 15 is 0 Å². The van der Waals surface area contributed by atoms with Crippen LogP contribution in [-0.2, 0) is 6.54 Å². The van der Waals surface area contributed by atoms with Crippen molar-refractivity contribution >= 4 is 11.4 Å². The number of nitrogens with zero attached hydrogens (tertiary/aromatic N) is 1. The lowest BCUT2D eigenvalue weighted by Gasteiger charge is -2.08. The van der Waals surface area contributed by atoms with E-state index in [4.69, 9.17) is 10.7 Å². The maximum absolute atomic E-state index is 5.63. The van der Waals surface area contributed by atoms with E-state index in [0.717, 1.165) is 42.6 Å². The number of nitrogens with one attached hydrogen (secondary N) is 1. The Bertz CT molecular complexity index is 444. The molecule has 1 aromatic carbocycles. The molecule has 0 aromatic heterocycles. The first-order chi connectivity index (χ1) is 9.74. The summed E-state index contributed by atoms with van der Waals surface area (Å²) in [7, 11) is 1.99. The van der Waals surface area contributed by atoms with Crippen LogP contribution in [-0.4, -0.2) is 19.3 Å². The van der Waals surface area contributed by atoms with Gasteiger partial charge in [-0.3, -0.25) is 4.99 Å². The lowest BCUT2D eigenvalue weighted by atomic mass is 10.1. The molecular weight excluding hydrogens is 246 g/mol. The summed E-state index contributed by atoms with van der Waals surface area (Å²) in [5.41, 5.74) is 10.2. The summed E-state index contributed by atoms with van der Waals surface area (Å²) < 4.78 is 0. The largest absolute Gasteiger partial charge is 0.326 e. The molecular formula is C17H27N3. The van der Waals surface area contributed by atoms with Crippen LogP contribution in [0.25, 0.3) is 5.70 Å². The monoisotopic (exact) mass is 273 g/mol. The van der Waals surface area contributed by atoms with Gasteiger partial charge in [-0.05, 0) is 50.9 Å². The molecule has 0 aliphatic carbocycles. The van der Waals surface area contributed by atoms with Crippen LogP contribution in [0.4, 0.5) is 0 Å². The van der Waals surface area contributed by atoms with Crippen LogP contribution >= 0.6 is 0 Å². The second-order valence-electron chi connectivity index (χ2n) is 4.81. The van der Waals surface area contributed by atoms with Crippen LogP contribution in [0.15, 0.2) is 35.3 Å². The summed E-state index contributed by atoms with van der Waals surface area (Å²) in [4.78, 5) is 4.83. The molecule has 3 N–H and O–H groups in total. The van der Waals surface area contributed by atoms with Gasteiger partial charge in [0.1, 0.15) is 0 Å². The highest BCUT2D eigenvalue weighted by Gasteiger charge is 2.02. The van der Waals surface area contributed by atoms with Gasteiger partial charge in [0.2, 0.25) is 0 Å². The molecule has 0 spiro atoms. The van der Waals surface area contributed by atoms with E-state index in [1.54, 1.807) is 0 Å². The van der Waals surface area contributed by atoms with Gasteiger partial charge in [0.25, 0.3) is 0 Å². The fourth-order valence-corrected chi connectivity index (χ4v) is 2.06. The van der Waals surface area contributed by atoms with Crippen LogP contribution in [0.5, 0.6) is 0 Å². The molecule has 0 saturated carbocycles. The third-order valence-electron chi connectivity index (χ3n) is 3.34. The zero-order chi connectivity index (χ0) is 14.8. The number of nitrogens with two attached hydrogens (primary N) is 1. The predicted molar refractivity (Wildman–Crippen MR) is 88.9 cm³/mol. The number of hydrogen-bond donors (Lipinski definition) is 2. The molecule has 0 heterocycles. The normalized spacial score (nSPS) is 12.8. The molecule has 0 unspecified atom stereocenters. The minimum absolute atomic E-state index is 0.582. The van der Waals surface area contributed by atoms with Crippen molar-refractivity contribution < 1.29 is 0 Å². The Labute approximate surface area is 123 Å². The molecule has 0 aliphatic heterocycles. The Kier molecular flexibility index (Phi) is 7.85. The summed E-state index contributed by atoms with van der Waals surface area (Å²) in [6.07, 6.45) is 5.26. The molecule has 0 fully saturated rings. The smallest absolute Gasteiger partial charge is 0.0658 e. The van der Waals surface area contributed by atoms with Gasteiger partial charge < -0.3 is 11.1 Å². The summed E-state index contributed by atoms with van der Waals surface area (Å²) in [5, 5.41) is 3.18. The minimum Gasteiger partial charge on any atom is -0.326 e.